The first kappa shape index (κ1) is 14.2. The highest BCUT2D eigenvalue weighted by Gasteiger charge is 2.18. The number of nitrogens with zero attached hydrogens (tertiary/aromatic N) is 7. The third kappa shape index (κ3) is 2.78. The minimum Gasteiger partial charge on any atom is -0.488 e. The second-order valence-electron chi connectivity index (χ2n) is 4.96. The van der Waals surface area contributed by atoms with Gasteiger partial charge in [-0.25, -0.2) is 4.79 Å². The van der Waals surface area contributed by atoms with Gasteiger partial charge in [-0.3, -0.25) is 0 Å². The molecular weight excluding hydrogens is 310 g/mol. The van der Waals surface area contributed by atoms with E-state index in [-0.39, 0.29) is 12.4 Å². The van der Waals surface area contributed by atoms with Crippen molar-refractivity contribution >= 4 is 6.08 Å². The van der Waals surface area contributed by atoms with Gasteiger partial charge in [0.05, 0.1) is 12.6 Å². The molecule has 3 aromatic rings. The van der Waals surface area contributed by atoms with Crippen LogP contribution in [0, 0.1) is 6.92 Å². The molecule has 0 amide bonds. The number of aromatic nitrogens is 7. The lowest BCUT2D eigenvalue weighted by Crippen LogP contribution is -2.25. The molecule has 0 N–H and O–H groups in total. The number of tetrazole rings is 1. The lowest BCUT2D eigenvalue weighted by atomic mass is 10.2. The second kappa shape index (κ2) is 6.41. The smallest absolute Gasteiger partial charge is 0.369 e. The van der Waals surface area contributed by atoms with Gasteiger partial charge >= 0.3 is 5.69 Å². The van der Waals surface area contributed by atoms with E-state index >= 15 is 0 Å². The topological polar surface area (TPSA) is 101 Å². The van der Waals surface area contributed by atoms with Gasteiger partial charge in [0.25, 0.3) is 0 Å². The molecule has 24 heavy (non-hydrogen) atoms. The van der Waals surface area contributed by atoms with Crippen LogP contribution in [0.1, 0.15) is 18.2 Å². The van der Waals surface area contributed by atoms with Crippen LogP contribution in [0.15, 0.2) is 35.6 Å². The van der Waals surface area contributed by atoms with Crippen LogP contribution in [0.5, 0.6) is 5.75 Å². The van der Waals surface area contributed by atoms with Crippen LogP contribution in [0.3, 0.4) is 0 Å². The average molecular weight is 327 g/mol. The zero-order valence-corrected chi connectivity index (χ0v) is 13.2. The Kier molecular flexibility index (Phi) is 3.80. The van der Waals surface area contributed by atoms with Crippen molar-refractivity contribution < 1.29 is 6.11 Å². The lowest BCUT2D eigenvalue weighted by molar-refractivity contribution is 0.301. The van der Waals surface area contributed by atoms with Gasteiger partial charge in [0, 0.05) is 7.05 Å². The Morgan fingerprint density at radius 1 is 1.38 bits per heavy atom. The Morgan fingerprint density at radius 2 is 2.21 bits per heavy atom. The quantitative estimate of drug-likeness (QED) is 0.679. The molecule has 3 rings (SSSR count). The molecule has 0 fully saturated rings. The third-order valence-electron chi connectivity index (χ3n) is 3.38. The fraction of sp³-hybridized carbons (Fsp3) is 0.200. The van der Waals surface area contributed by atoms with Crippen molar-refractivity contribution in [2.75, 3.05) is 0 Å². The molecule has 0 saturated heterocycles. The maximum absolute atomic E-state index is 12.1. The first-order valence-electron chi connectivity index (χ1n) is 7.55. The average Bonchev–Trinajstić information content (AvgIpc) is 2.93. The van der Waals surface area contributed by atoms with E-state index in [4.69, 9.17) is 6.11 Å². The van der Waals surface area contributed by atoms with Gasteiger partial charge in [-0.15, -0.1) is 14.9 Å². The first-order chi connectivity index (χ1) is 12.0. The van der Waals surface area contributed by atoms with Gasteiger partial charge in [-0.1, -0.05) is 24.8 Å². The molecule has 0 atom stereocenters. The molecule has 9 nitrogen and oxygen atoms in total. The number of para-hydroxylation sites is 1. The van der Waals surface area contributed by atoms with Gasteiger partial charge in [0.15, 0.2) is 5.82 Å². The highest BCUT2D eigenvalue weighted by molar-refractivity contribution is 5.51. The van der Waals surface area contributed by atoms with Gasteiger partial charge in [-0.05, 0) is 40.3 Å². The van der Waals surface area contributed by atoms with Crippen LogP contribution in [0.2, 0.25) is 0 Å². The predicted octanol–water partition coefficient (Wildman–Crippen LogP) is 0.681. The summed E-state index contributed by atoms with van der Waals surface area (Å²) in [5.74, 6) is 0.790. The SMILES string of the molecule is [3H]c1ccc(OCc2c(C=C)nnnc2-n2nnn(C)c2=O)c(C)c1. The molecule has 0 radical (unpaired) electrons. The molecule has 0 bridgehead atoms. The zero-order chi connectivity index (χ0) is 18.0. The van der Waals surface area contributed by atoms with E-state index < -0.39 is 5.69 Å². The molecule has 0 aliphatic rings. The minimum atomic E-state index is -0.466. The molecular formula is C15H15N7O2. The van der Waals surface area contributed by atoms with E-state index in [0.29, 0.717) is 23.0 Å². The van der Waals surface area contributed by atoms with E-state index in [1.807, 2.05) is 6.92 Å². The normalized spacial score (nSPS) is 11.2. The zero-order valence-electron chi connectivity index (χ0n) is 14.2. The van der Waals surface area contributed by atoms with E-state index in [2.05, 4.69) is 32.4 Å². The van der Waals surface area contributed by atoms with Crippen molar-refractivity contribution in [1.29, 1.82) is 0 Å². The monoisotopic (exact) mass is 327 g/mol. The molecule has 9 heteroatoms. The van der Waals surface area contributed by atoms with Gasteiger partial charge in [0.2, 0.25) is 0 Å². The van der Waals surface area contributed by atoms with Gasteiger partial charge in [-0.2, -0.15) is 4.68 Å². The van der Waals surface area contributed by atoms with Crippen LogP contribution < -0.4 is 10.4 Å². The van der Waals surface area contributed by atoms with Crippen LogP contribution in [0.25, 0.3) is 11.9 Å². The van der Waals surface area contributed by atoms with Crippen molar-refractivity contribution in [1.82, 2.24) is 35.2 Å². The summed E-state index contributed by atoms with van der Waals surface area (Å²) < 4.78 is 15.5. The Balaban J connectivity index is 2.01. The Morgan fingerprint density at radius 3 is 2.88 bits per heavy atom. The fourth-order valence-corrected chi connectivity index (χ4v) is 2.08. The molecule has 0 saturated carbocycles. The molecule has 1 aromatic carbocycles. The number of hydrogen-bond donors (Lipinski definition) is 0. The molecule has 0 unspecified atom stereocenters. The van der Waals surface area contributed by atoms with Crippen LogP contribution in [0.4, 0.5) is 0 Å². The molecule has 2 aromatic heterocycles. The van der Waals surface area contributed by atoms with E-state index in [1.165, 1.54) is 13.1 Å². The largest absolute Gasteiger partial charge is 0.488 e. The van der Waals surface area contributed by atoms with Crippen LogP contribution in [-0.4, -0.2) is 35.2 Å². The van der Waals surface area contributed by atoms with E-state index in [0.717, 1.165) is 14.9 Å². The summed E-state index contributed by atoms with van der Waals surface area (Å²) >= 11 is 0. The molecule has 0 spiro atoms. The maximum Gasteiger partial charge on any atom is 0.369 e. The summed E-state index contributed by atoms with van der Waals surface area (Å²) in [7, 11) is 1.48. The molecule has 2 heterocycles. The number of hydrogen-bond acceptors (Lipinski definition) is 7. The van der Waals surface area contributed by atoms with Crippen LogP contribution in [-0.2, 0) is 13.7 Å². The lowest BCUT2D eigenvalue weighted by Gasteiger charge is -2.12. The second-order valence-corrected chi connectivity index (χ2v) is 4.96. The van der Waals surface area contributed by atoms with E-state index in [1.54, 1.807) is 18.2 Å². The standard InChI is InChI=1S/C15H15N7O2/c1-4-12-11(9-24-13-8-6-5-7-10(13)2)14(17-18-16-12)22-15(23)21(3)19-20-22/h4-8H,1,9H2,2-3H3/i5T. The Labute approximate surface area is 138 Å². The molecule has 122 valence electrons. The Hall–Kier alpha value is -3.36. The van der Waals surface area contributed by atoms with Gasteiger partial charge < -0.3 is 4.74 Å². The van der Waals surface area contributed by atoms with Crippen molar-refractivity contribution in [3.05, 3.63) is 58.1 Å². The van der Waals surface area contributed by atoms with Gasteiger partial charge in [0.1, 0.15) is 12.4 Å². The summed E-state index contributed by atoms with van der Waals surface area (Å²) in [5.41, 5.74) is 1.28. The first-order valence-corrected chi connectivity index (χ1v) is 7.05. The van der Waals surface area contributed by atoms with E-state index in [9.17, 15) is 4.79 Å². The Bertz CT molecular complexity index is 996. The van der Waals surface area contributed by atoms with Crippen molar-refractivity contribution in [3.8, 4) is 11.6 Å². The van der Waals surface area contributed by atoms with Crippen molar-refractivity contribution in [2.24, 2.45) is 7.05 Å². The fourth-order valence-electron chi connectivity index (χ4n) is 2.08. The third-order valence-corrected chi connectivity index (χ3v) is 3.38. The number of rotatable bonds is 5. The van der Waals surface area contributed by atoms with Crippen molar-refractivity contribution in [3.63, 3.8) is 0 Å². The maximum atomic E-state index is 12.1. The predicted molar refractivity (Wildman–Crippen MR) is 85.6 cm³/mol. The molecule has 0 aliphatic carbocycles. The number of ether oxygens (including phenoxy) is 1. The summed E-state index contributed by atoms with van der Waals surface area (Å²) in [6.07, 6.45) is 1.50. The highest BCUT2D eigenvalue weighted by Crippen LogP contribution is 2.20. The number of benzene rings is 1. The molecule has 0 aliphatic heterocycles. The van der Waals surface area contributed by atoms with Crippen molar-refractivity contribution in [2.45, 2.75) is 13.5 Å². The summed E-state index contributed by atoms with van der Waals surface area (Å²) in [5, 5.41) is 18.9. The van der Waals surface area contributed by atoms with Crippen LogP contribution >= 0.6 is 0 Å². The highest BCUT2D eigenvalue weighted by atomic mass is 16.5. The minimum absolute atomic E-state index is 0.0698. The summed E-state index contributed by atoms with van der Waals surface area (Å²) in [6, 6.07) is 5.44. The summed E-state index contributed by atoms with van der Waals surface area (Å²) in [4.78, 5) is 12.1. The summed E-state index contributed by atoms with van der Waals surface area (Å²) in [6.45, 7) is 5.61. The number of aryl methyl sites for hydroxylation is 2.